The quantitative estimate of drug-likeness (QED) is 0.643. The van der Waals surface area contributed by atoms with Crippen LogP contribution in [-0.2, 0) is 4.79 Å². The van der Waals surface area contributed by atoms with Gasteiger partial charge >= 0.3 is 0 Å². The molecule has 1 aromatic carbocycles. The molecule has 1 heterocycles. The van der Waals surface area contributed by atoms with E-state index in [1.165, 1.54) is 6.07 Å². The Balaban J connectivity index is 2.40. The summed E-state index contributed by atoms with van der Waals surface area (Å²) in [6.07, 6.45) is 0.842. The molecule has 21 heavy (non-hydrogen) atoms. The number of benzene rings is 1. The van der Waals surface area contributed by atoms with Gasteiger partial charge in [-0.2, -0.15) is 0 Å². The molecule has 1 aliphatic rings. The van der Waals surface area contributed by atoms with Gasteiger partial charge in [-0.15, -0.1) is 0 Å². The summed E-state index contributed by atoms with van der Waals surface area (Å²) in [7, 11) is 0. The number of ether oxygens (including phenoxy) is 1. The van der Waals surface area contributed by atoms with E-state index in [0.717, 1.165) is 6.42 Å². The van der Waals surface area contributed by atoms with Crippen LogP contribution < -0.4 is 15.4 Å². The first kappa shape index (κ1) is 15.1. The molecule has 0 aliphatic carbocycles. The van der Waals surface area contributed by atoms with Crippen molar-refractivity contribution in [1.29, 1.82) is 0 Å². The zero-order valence-electron chi connectivity index (χ0n) is 12.3. The van der Waals surface area contributed by atoms with Crippen molar-refractivity contribution in [3.05, 3.63) is 22.2 Å². The minimum absolute atomic E-state index is 0.0519. The predicted octanol–water partition coefficient (Wildman–Crippen LogP) is 2.77. The normalized spacial score (nSPS) is 15.0. The Kier molecular flexibility index (Phi) is 4.30. The number of hydrogen-bond donors (Lipinski definition) is 2. The highest BCUT2D eigenvalue weighted by atomic mass is 16.6. The Morgan fingerprint density at radius 2 is 2.19 bits per heavy atom. The lowest BCUT2D eigenvalue weighted by atomic mass is 10.0. The lowest BCUT2D eigenvalue weighted by molar-refractivity contribution is -0.384. The molecule has 0 saturated heterocycles. The maximum Gasteiger partial charge on any atom is 0.296 e. The van der Waals surface area contributed by atoms with E-state index in [1.807, 2.05) is 6.92 Å². The van der Waals surface area contributed by atoms with Crippen molar-refractivity contribution in [3.8, 4) is 5.75 Å². The van der Waals surface area contributed by atoms with Gasteiger partial charge in [0.1, 0.15) is 5.69 Å². The number of fused-ring (bicyclic) bond motifs is 1. The smallest absolute Gasteiger partial charge is 0.296 e. The molecule has 0 radical (unpaired) electrons. The van der Waals surface area contributed by atoms with Crippen LogP contribution in [0, 0.1) is 16.0 Å². The van der Waals surface area contributed by atoms with Gasteiger partial charge in [-0.1, -0.05) is 20.8 Å². The van der Waals surface area contributed by atoms with Crippen LogP contribution in [0.5, 0.6) is 5.75 Å². The SMILES string of the molecule is CCC(Nc1cc2c(cc1[N+](=O)[O-])OCC(=O)N2)C(C)C. The van der Waals surface area contributed by atoms with Crippen LogP contribution >= 0.6 is 0 Å². The van der Waals surface area contributed by atoms with Crippen molar-refractivity contribution in [1.82, 2.24) is 0 Å². The maximum absolute atomic E-state index is 11.4. The fourth-order valence-corrected chi connectivity index (χ4v) is 2.32. The molecule has 0 fully saturated rings. The van der Waals surface area contributed by atoms with Gasteiger partial charge in [-0.05, 0) is 18.4 Å². The monoisotopic (exact) mass is 293 g/mol. The molecule has 1 atom stereocenters. The number of carbonyl (C=O) groups is 1. The third-order valence-corrected chi connectivity index (χ3v) is 3.51. The lowest BCUT2D eigenvalue weighted by Gasteiger charge is -2.24. The molecule has 1 aliphatic heterocycles. The third-order valence-electron chi connectivity index (χ3n) is 3.51. The first-order valence-corrected chi connectivity index (χ1v) is 6.94. The van der Waals surface area contributed by atoms with E-state index in [-0.39, 0.29) is 24.2 Å². The van der Waals surface area contributed by atoms with Crippen LogP contribution in [0.4, 0.5) is 17.1 Å². The molecule has 114 valence electrons. The molecule has 7 heteroatoms. The van der Waals surface area contributed by atoms with Gasteiger partial charge in [0.15, 0.2) is 12.4 Å². The van der Waals surface area contributed by atoms with E-state index in [2.05, 4.69) is 24.5 Å². The van der Waals surface area contributed by atoms with Gasteiger partial charge in [-0.25, -0.2) is 0 Å². The van der Waals surface area contributed by atoms with E-state index in [4.69, 9.17) is 4.74 Å². The Labute approximate surface area is 122 Å². The van der Waals surface area contributed by atoms with Crippen LogP contribution in [0.3, 0.4) is 0 Å². The number of carbonyl (C=O) groups excluding carboxylic acids is 1. The molecular formula is C14H19N3O4. The van der Waals surface area contributed by atoms with Crippen molar-refractivity contribution in [3.63, 3.8) is 0 Å². The summed E-state index contributed by atoms with van der Waals surface area (Å²) in [6, 6.07) is 3.03. The van der Waals surface area contributed by atoms with E-state index in [0.29, 0.717) is 23.0 Å². The molecule has 2 N–H and O–H groups in total. The molecule has 1 amide bonds. The average Bonchev–Trinajstić information content (AvgIpc) is 2.43. The van der Waals surface area contributed by atoms with E-state index >= 15 is 0 Å². The predicted molar refractivity (Wildman–Crippen MR) is 79.8 cm³/mol. The van der Waals surface area contributed by atoms with Crippen molar-refractivity contribution in [2.75, 3.05) is 17.2 Å². The molecule has 1 unspecified atom stereocenters. The Morgan fingerprint density at radius 1 is 1.48 bits per heavy atom. The minimum Gasteiger partial charge on any atom is -0.481 e. The van der Waals surface area contributed by atoms with Crippen LogP contribution in [0.1, 0.15) is 27.2 Å². The molecule has 0 bridgehead atoms. The zero-order chi connectivity index (χ0) is 15.6. The fourth-order valence-electron chi connectivity index (χ4n) is 2.32. The summed E-state index contributed by atoms with van der Waals surface area (Å²) in [5.41, 5.74) is 0.798. The fraction of sp³-hybridized carbons (Fsp3) is 0.500. The molecular weight excluding hydrogens is 274 g/mol. The van der Waals surface area contributed by atoms with Crippen molar-refractivity contribution >= 4 is 23.0 Å². The number of nitro groups is 1. The summed E-state index contributed by atoms with van der Waals surface area (Å²) >= 11 is 0. The summed E-state index contributed by atoms with van der Waals surface area (Å²) in [5.74, 6) is 0.388. The Morgan fingerprint density at radius 3 is 2.76 bits per heavy atom. The summed E-state index contributed by atoms with van der Waals surface area (Å²) in [5, 5.41) is 17.1. The van der Waals surface area contributed by atoms with Crippen molar-refractivity contribution in [2.45, 2.75) is 33.2 Å². The van der Waals surface area contributed by atoms with Crippen molar-refractivity contribution in [2.24, 2.45) is 5.92 Å². The summed E-state index contributed by atoms with van der Waals surface area (Å²) < 4.78 is 5.22. The van der Waals surface area contributed by atoms with E-state index in [1.54, 1.807) is 6.07 Å². The van der Waals surface area contributed by atoms with Crippen molar-refractivity contribution < 1.29 is 14.5 Å². The topological polar surface area (TPSA) is 93.5 Å². The number of hydrogen-bond acceptors (Lipinski definition) is 5. The van der Waals surface area contributed by atoms with Gasteiger partial charge in [0, 0.05) is 6.04 Å². The van der Waals surface area contributed by atoms with Gasteiger partial charge in [0.05, 0.1) is 16.7 Å². The average molecular weight is 293 g/mol. The Bertz CT molecular complexity index is 572. The summed E-state index contributed by atoms with van der Waals surface area (Å²) in [6.45, 7) is 6.00. The van der Waals surface area contributed by atoms with Gasteiger partial charge < -0.3 is 15.4 Å². The molecule has 0 saturated carbocycles. The maximum atomic E-state index is 11.4. The number of nitrogens with zero attached hydrogens (tertiary/aromatic N) is 1. The molecule has 7 nitrogen and oxygen atoms in total. The second kappa shape index (κ2) is 5.99. The molecule has 1 aromatic rings. The van der Waals surface area contributed by atoms with Crippen LogP contribution in [0.25, 0.3) is 0 Å². The van der Waals surface area contributed by atoms with Crippen LogP contribution in [-0.4, -0.2) is 23.5 Å². The van der Waals surface area contributed by atoms with Crippen LogP contribution in [0.2, 0.25) is 0 Å². The first-order valence-electron chi connectivity index (χ1n) is 6.94. The minimum atomic E-state index is -0.449. The summed E-state index contributed by atoms with van der Waals surface area (Å²) in [4.78, 5) is 22.1. The standard InChI is InChI=1S/C14H19N3O4/c1-4-9(8(2)3)15-10-5-11-13(6-12(10)17(19)20)21-7-14(18)16-11/h5-6,8-9,15H,4,7H2,1-3H3,(H,16,18). The zero-order valence-corrected chi connectivity index (χ0v) is 12.3. The Hall–Kier alpha value is -2.31. The van der Waals surface area contributed by atoms with Gasteiger partial charge in [-0.3, -0.25) is 14.9 Å². The van der Waals surface area contributed by atoms with E-state index < -0.39 is 4.92 Å². The lowest BCUT2D eigenvalue weighted by Crippen LogP contribution is -2.27. The highest BCUT2D eigenvalue weighted by molar-refractivity contribution is 5.96. The van der Waals surface area contributed by atoms with Gasteiger partial charge in [0.2, 0.25) is 0 Å². The number of amides is 1. The van der Waals surface area contributed by atoms with E-state index in [9.17, 15) is 14.9 Å². The third kappa shape index (κ3) is 3.24. The number of nitro benzene ring substituents is 1. The molecule has 0 spiro atoms. The molecule has 0 aromatic heterocycles. The van der Waals surface area contributed by atoms with Gasteiger partial charge in [0.25, 0.3) is 11.6 Å². The molecule has 2 rings (SSSR count). The second-order valence-corrected chi connectivity index (χ2v) is 5.36. The number of nitrogens with one attached hydrogen (secondary N) is 2. The second-order valence-electron chi connectivity index (χ2n) is 5.36. The highest BCUT2D eigenvalue weighted by Gasteiger charge is 2.25. The first-order chi connectivity index (χ1) is 9.92. The number of anilines is 2. The van der Waals surface area contributed by atoms with Crippen LogP contribution in [0.15, 0.2) is 12.1 Å². The largest absolute Gasteiger partial charge is 0.481 e. The highest BCUT2D eigenvalue weighted by Crippen LogP contribution is 2.38. The number of rotatable bonds is 5.